The van der Waals surface area contributed by atoms with Gasteiger partial charge in [0.2, 0.25) is 0 Å². The smallest absolute Gasteiger partial charge is 0.128 e. The zero-order valence-corrected chi connectivity index (χ0v) is 16.9. The van der Waals surface area contributed by atoms with Crippen LogP contribution in [0.4, 0.5) is 5.82 Å². The van der Waals surface area contributed by atoms with E-state index in [9.17, 15) is 0 Å². The number of pyridine rings is 1. The largest absolute Gasteiger partial charge is 0.487 e. The zero-order chi connectivity index (χ0) is 18.1. The fourth-order valence-corrected chi connectivity index (χ4v) is 4.25. The standard InChI is InChI=1S/C21H25BrN2O2/c1-15(2)25-19-13-21(26-18-6-4-3-5-17(18)19)9-11-24(12-10-21)20-8-7-16(22)14-23-20/h3-8,14-15,19H,9-13H2,1-2H3. The van der Waals surface area contributed by atoms with Crippen molar-refractivity contribution in [3.05, 3.63) is 52.6 Å². The molecule has 1 atom stereocenters. The third kappa shape index (κ3) is 3.60. The van der Waals surface area contributed by atoms with E-state index in [2.05, 4.69) is 63.9 Å². The quantitative estimate of drug-likeness (QED) is 0.694. The molecule has 0 radical (unpaired) electrons. The van der Waals surface area contributed by atoms with Crippen LogP contribution in [0.15, 0.2) is 47.1 Å². The molecule has 0 N–H and O–H groups in total. The van der Waals surface area contributed by atoms with Crippen LogP contribution >= 0.6 is 15.9 Å². The number of para-hydroxylation sites is 1. The second-order valence-electron chi connectivity index (χ2n) is 7.52. The molecule has 0 bridgehead atoms. The summed E-state index contributed by atoms with van der Waals surface area (Å²) in [7, 11) is 0. The van der Waals surface area contributed by atoms with Crippen molar-refractivity contribution in [2.45, 2.75) is 50.9 Å². The maximum atomic E-state index is 6.54. The van der Waals surface area contributed by atoms with Crippen LogP contribution in [0.1, 0.15) is 44.8 Å². The highest BCUT2D eigenvalue weighted by atomic mass is 79.9. The molecule has 26 heavy (non-hydrogen) atoms. The number of anilines is 1. The highest BCUT2D eigenvalue weighted by molar-refractivity contribution is 9.10. The minimum absolute atomic E-state index is 0.109. The van der Waals surface area contributed by atoms with Gasteiger partial charge in [0.25, 0.3) is 0 Å². The number of nitrogens with zero attached hydrogens (tertiary/aromatic N) is 2. The van der Waals surface area contributed by atoms with Gasteiger partial charge in [0.05, 0.1) is 12.2 Å². The Kier molecular flexibility index (Phi) is 4.93. The van der Waals surface area contributed by atoms with Crippen molar-refractivity contribution in [3.63, 3.8) is 0 Å². The molecule has 3 heterocycles. The molecule has 1 aromatic carbocycles. The first-order valence-electron chi connectivity index (χ1n) is 9.35. The number of benzene rings is 1. The van der Waals surface area contributed by atoms with Gasteiger partial charge in [-0.1, -0.05) is 18.2 Å². The van der Waals surface area contributed by atoms with Gasteiger partial charge in [-0.05, 0) is 48.0 Å². The third-order valence-electron chi connectivity index (χ3n) is 5.30. The number of aromatic nitrogens is 1. The summed E-state index contributed by atoms with van der Waals surface area (Å²) in [6.45, 7) is 6.11. The molecule has 1 aromatic heterocycles. The van der Waals surface area contributed by atoms with Crippen LogP contribution in [0.25, 0.3) is 0 Å². The molecular weight excluding hydrogens is 392 g/mol. The van der Waals surface area contributed by atoms with E-state index < -0.39 is 0 Å². The average molecular weight is 417 g/mol. The van der Waals surface area contributed by atoms with Gasteiger partial charge in [0, 0.05) is 48.6 Å². The van der Waals surface area contributed by atoms with Gasteiger partial charge in [0.15, 0.2) is 0 Å². The van der Waals surface area contributed by atoms with Crippen LogP contribution in [0.2, 0.25) is 0 Å². The maximum Gasteiger partial charge on any atom is 0.128 e. The summed E-state index contributed by atoms with van der Waals surface area (Å²) in [5.74, 6) is 2.02. The van der Waals surface area contributed by atoms with Gasteiger partial charge in [-0.2, -0.15) is 0 Å². The Morgan fingerprint density at radius 3 is 2.65 bits per heavy atom. The Hall–Kier alpha value is -1.59. The van der Waals surface area contributed by atoms with Crippen molar-refractivity contribution in [3.8, 4) is 5.75 Å². The number of piperidine rings is 1. The van der Waals surface area contributed by atoms with Gasteiger partial charge < -0.3 is 14.4 Å². The Morgan fingerprint density at radius 1 is 1.19 bits per heavy atom. The lowest BCUT2D eigenvalue weighted by molar-refractivity contribution is -0.0773. The average Bonchev–Trinajstić information content (AvgIpc) is 2.63. The molecular formula is C21H25BrN2O2. The molecule has 0 amide bonds. The predicted octanol–water partition coefficient (Wildman–Crippen LogP) is 5.13. The van der Waals surface area contributed by atoms with Gasteiger partial charge in [-0.25, -0.2) is 4.98 Å². The topological polar surface area (TPSA) is 34.6 Å². The lowest BCUT2D eigenvalue weighted by Crippen LogP contribution is -2.51. The predicted molar refractivity (Wildman–Crippen MR) is 107 cm³/mol. The number of fused-ring (bicyclic) bond motifs is 1. The number of rotatable bonds is 3. The van der Waals surface area contributed by atoms with Crippen molar-refractivity contribution in [1.82, 2.24) is 4.98 Å². The fraction of sp³-hybridized carbons (Fsp3) is 0.476. The molecule has 138 valence electrons. The fourth-order valence-electron chi connectivity index (χ4n) is 4.02. The van der Waals surface area contributed by atoms with Crippen LogP contribution < -0.4 is 9.64 Å². The molecule has 0 saturated carbocycles. The molecule has 0 aliphatic carbocycles. The van der Waals surface area contributed by atoms with Gasteiger partial charge in [-0.15, -0.1) is 0 Å². The van der Waals surface area contributed by atoms with E-state index in [0.717, 1.165) is 48.4 Å². The van der Waals surface area contributed by atoms with Gasteiger partial charge in [0.1, 0.15) is 17.2 Å². The number of ether oxygens (including phenoxy) is 2. The molecule has 4 rings (SSSR count). The normalized spacial score (nSPS) is 21.5. The van der Waals surface area contributed by atoms with E-state index in [1.165, 1.54) is 5.56 Å². The Labute approximate surface area is 163 Å². The summed E-state index contributed by atoms with van der Waals surface area (Å²) in [5, 5.41) is 0. The first kappa shape index (κ1) is 17.8. The second-order valence-corrected chi connectivity index (χ2v) is 8.44. The van der Waals surface area contributed by atoms with Crippen LogP contribution in [0, 0.1) is 0 Å². The van der Waals surface area contributed by atoms with E-state index >= 15 is 0 Å². The van der Waals surface area contributed by atoms with E-state index in [4.69, 9.17) is 9.47 Å². The second kappa shape index (κ2) is 7.20. The summed E-state index contributed by atoms with van der Waals surface area (Å²) < 4.78 is 13.8. The Bertz CT molecular complexity index is 755. The molecule has 5 heteroatoms. The molecule has 1 unspecified atom stereocenters. The highest BCUT2D eigenvalue weighted by Gasteiger charge is 2.44. The summed E-state index contributed by atoms with van der Waals surface area (Å²) >= 11 is 3.45. The van der Waals surface area contributed by atoms with Crippen LogP contribution in [-0.4, -0.2) is 29.8 Å². The van der Waals surface area contributed by atoms with Crippen molar-refractivity contribution in [2.75, 3.05) is 18.0 Å². The molecule has 2 aliphatic heterocycles. The minimum Gasteiger partial charge on any atom is -0.487 e. The molecule has 2 aromatic rings. The van der Waals surface area contributed by atoms with Crippen molar-refractivity contribution in [2.24, 2.45) is 0 Å². The first-order chi connectivity index (χ1) is 12.5. The van der Waals surface area contributed by atoms with E-state index in [1.54, 1.807) is 0 Å². The van der Waals surface area contributed by atoms with E-state index in [-0.39, 0.29) is 17.8 Å². The molecule has 1 fully saturated rings. The van der Waals surface area contributed by atoms with Crippen LogP contribution in [0.5, 0.6) is 5.75 Å². The maximum absolute atomic E-state index is 6.54. The Balaban J connectivity index is 1.52. The zero-order valence-electron chi connectivity index (χ0n) is 15.3. The van der Waals surface area contributed by atoms with Gasteiger partial charge >= 0.3 is 0 Å². The first-order valence-corrected chi connectivity index (χ1v) is 10.1. The van der Waals surface area contributed by atoms with Crippen LogP contribution in [0.3, 0.4) is 0 Å². The van der Waals surface area contributed by atoms with Crippen molar-refractivity contribution < 1.29 is 9.47 Å². The number of halogens is 1. The monoisotopic (exact) mass is 416 g/mol. The highest BCUT2D eigenvalue weighted by Crippen LogP contribution is 2.46. The van der Waals surface area contributed by atoms with E-state index in [1.807, 2.05) is 18.3 Å². The van der Waals surface area contributed by atoms with Crippen molar-refractivity contribution >= 4 is 21.7 Å². The number of hydrogen-bond acceptors (Lipinski definition) is 4. The Morgan fingerprint density at radius 2 is 1.96 bits per heavy atom. The summed E-state index contributed by atoms with van der Waals surface area (Å²) in [4.78, 5) is 6.89. The van der Waals surface area contributed by atoms with E-state index in [0.29, 0.717) is 0 Å². The SMILES string of the molecule is CC(C)OC1CC2(CCN(c3ccc(Br)cn3)CC2)Oc2ccccc21. The van der Waals surface area contributed by atoms with Crippen LogP contribution in [-0.2, 0) is 4.74 Å². The molecule has 1 saturated heterocycles. The molecule has 2 aliphatic rings. The third-order valence-corrected chi connectivity index (χ3v) is 5.77. The summed E-state index contributed by atoms with van der Waals surface area (Å²) in [6, 6.07) is 12.5. The minimum atomic E-state index is -0.139. The number of hydrogen-bond donors (Lipinski definition) is 0. The summed E-state index contributed by atoms with van der Waals surface area (Å²) in [6.07, 6.45) is 5.06. The lowest BCUT2D eigenvalue weighted by atomic mass is 9.81. The van der Waals surface area contributed by atoms with Crippen molar-refractivity contribution in [1.29, 1.82) is 0 Å². The van der Waals surface area contributed by atoms with Gasteiger partial charge in [-0.3, -0.25) is 0 Å². The molecule has 1 spiro atoms. The lowest BCUT2D eigenvalue weighted by Gasteiger charge is -2.47. The summed E-state index contributed by atoms with van der Waals surface area (Å²) in [5.41, 5.74) is 1.04. The molecule has 4 nitrogen and oxygen atoms in total.